The molecule has 0 saturated heterocycles. The highest BCUT2D eigenvalue weighted by Gasteiger charge is 2.33. The smallest absolute Gasteiger partial charge is 0.264 e. The van der Waals surface area contributed by atoms with Crippen LogP contribution >= 0.6 is 23.2 Å². The van der Waals surface area contributed by atoms with Crippen LogP contribution in [0, 0.1) is 0 Å². The van der Waals surface area contributed by atoms with Crippen LogP contribution in [0.1, 0.15) is 12.5 Å². The van der Waals surface area contributed by atoms with Gasteiger partial charge >= 0.3 is 0 Å². The molecular weight excluding hydrogens is 565 g/mol. The lowest BCUT2D eigenvalue weighted by molar-refractivity contribution is -0.139. The van der Waals surface area contributed by atoms with Crippen molar-refractivity contribution in [2.45, 2.75) is 24.4 Å². The second-order valence-electron chi connectivity index (χ2n) is 8.41. The number of hydrogen-bond donors (Lipinski definition) is 1. The summed E-state index contributed by atoms with van der Waals surface area (Å²) in [5.74, 6) is -0.484. The Labute approximate surface area is 238 Å². The number of hydrogen-bond acceptors (Lipinski definition) is 6. The highest BCUT2D eigenvalue weighted by atomic mass is 35.5. The third-order valence-corrected chi connectivity index (χ3v) is 8.39. The fourth-order valence-corrected chi connectivity index (χ4v) is 5.75. The van der Waals surface area contributed by atoms with E-state index in [2.05, 4.69) is 5.32 Å². The lowest BCUT2D eigenvalue weighted by Crippen LogP contribution is -2.50. The van der Waals surface area contributed by atoms with Gasteiger partial charge in [-0.05, 0) is 48.9 Å². The number of methoxy groups -OCH3 is 2. The molecule has 0 bridgehead atoms. The van der Waals surface area contributed by atoms with Gasteiger partial charge in [0.25, 0.3) is 10.0 Å². The normalized spacial score (nSPS) is 11.8. The van der Waals surface area contributed by atoms with Crippen molar-refractivity contribution < 1.29 is 27.5 Å². The molecule has 208 valence electrons. The number of para-hydroxylation sites is 1. The van der Waals surface area contributed by atoms with Crippen molar-refractivity contribution in [3.05, 3.63) is 82.3 Å². The van der Waals surface area contributed by atoms with Crippen molar-refractivity contribution in [1.29, 1.82) is 0 Å². The highest BCUT2D eigenvalue weighted by Crippen LogP contribution is 2.32. The second-order valence-corrected chi connectivity index (χ2v) is 11.1. The summed E-state index contributed by atoms with van der Waals surface area (Å²) in [5.41, 5.74) is 0.803. The van der Waals surface area contributed by atoms with E-state index < -0.39 is 34.4 Å². The fraction of sp³-hybridized carbons (Fsp3) is 0.259. The summed E-state index contributed by atoms with van der Waals surface area (Å²) < 4.78 is 39.3. The van der Waals surface area contributed by atoms with Gasteiger partial charge in [-0.2, -0.15) is 0 Å². The summed E-state index contributed by atoms with van der Waals surface area (Å²) in [4.78, 5) is 27.5. The number of rotatable bonds is 11. The van der Waals surface area contributed by atoms with E-state index in [1.54, 1.807) is 49.4 Å². The largest absolute Gasteiger partial charge is 0.493 e. The number of ether oxygens (including phenoxy) is 2. The first kappa shape index (κ1) is 30.1. The van der Waals surface area contributed by atoms with E-state index in [1.807, 2.05) is 0 Å². The van der Waals surface area contributed by atoms with Crippen LogP contribution in [0.15, 0.2) is 71.6 Å². The second kappa shape index (κ2) is 13.1. The molecule has 0 aliphatic carbocycles. The van der Waals surface area contributed by atoms with Crippen molar-refractivity contribution in [3.8, 4) is 11.5 Å². The molecule has 3 aromatic rings. The molecule has 0 heterocycles. The Morgan fingerprint density at radius 3 is 2.21 bits per heavy atom. The Morgan fingerprint density at radius 2 is 1.62 bits per heavy atom. The maximum Gasteiger partial charge on any atom is 0.264 e. The Bertz CT molecular complexity index is 1440. The molecule has 0 fully saturated rings. The minimum Gasteiger partial charge on any atom is -0.493 e. The lowest BCUT2D eigenvalue weighted by atomic mass is 10.1. The van der Waals surface area contributed by atoms with Gasteiger partial charge in [-0.1, -0.05) is 47.5 Å². The Balaban J connectivity index is 2.06. The number of amides is 2. The quantitative estimate of drug-likeness (QED) is 0.354. The molecule has 0 radical (unpaired) electrons. The standard InChI is InChI=1S/C27H29Cl2N3O6S/c1-18(27(34)30-2)31(16-19-10-11-20(28)14-23(19)29)26(33)17-32(21-8-6-5-7-9-21)39(35,36)22-12-13-24(37-3)25(15-22)38-4/h5-15,18H,16-17H2,1-4H3,(H,30,34)/t18-/m1/s1. The van der Waals surface area contributed by atoms with Crippen LogP contribution in [0.3, 0.4) is 0 Å². The number of benzene rings is 3. The van der Waals surface area contributed by atoms with E-state index in [4.69, 9.17) is 32.7 Å². The van der Waals surface area contributed by atoms with Crippen LogP contribution < -0.4 is 19.1 Å². The molecule has 1 N–H and O–H groups in total. The molecule has 3 rings (SSSR count). The van der Waals surface area contributed by atoms with E-state index >= 15 is 0 Å². The van der Waals surface area contributed by atoms with Gasteiger partial charge in [0.1, 0.15) is 12.6 Å². The first-order chi connectivity index (χ1) is 18.5. The van der Waals surface area contributed by atoms with E-state index in [9.17, 15) is 18.0 Å². The molecular formula is C27H29Cl2N3O6S. The molecule has 1 atom stereocenters. The summed E-state index contributed by atoms with van der Waals surface area (Å²) in [6.07, 6.45) is 0. The van der Waals surface area contributed by atoms with Crippen molar-refractivity contribution in [3.63, 3.8) is 0 Å². The van der Waals surface area contributed by atoms with Crippen molar-refractivity contribution in [2.75, 3.05) is 32.1 Å². The van der Waals surface area contributed by atoms with Gasteiger partial charge in [0.2, 0.25) is 11.8 Å². The molecule has 12 heteroatoms. The van der Waals surface area contributed by atoms with Crippen LogP contribution in [-0.2, 0) is 26.2 Å². The van der Waals surface area contributed by atoms with Crippen molar-refractivity contribution >= 4 is 50.7 Å². The average Bonchev–Trinajstić information content (AvgIpc) is 2.94. The van der Waals surface area contributed by atoms with Gasteiger partial charge in [0, 0.05) is 29.7 Å². The van der Waals surface area contributed by atoms with E-state index in [0.29, 0.717) is 21.4 Å². The van der Waals surface area contributed by atoms with Gasteiger partial charge in [-0.25, -0.2) is 8.42 Å². The molecule has 0 aliphatic heterocycles. The molecule has 3 aromatic carbocycles. The first-order valence-corrected chi connectivity index (χ1v) is 14.0. The van der Waals surface area contributed by atoms with Crippen LogP contribution in [0.4, 0.5) is 5.69 Å². The number of nitrogens with zero attached hydrogens (tertiary/aromatic N) is 2. The number of carbonyl (C=O) groups excluding carboxylic acids is 2. The summed E-state index contributed by atoms with van der Waals surface area (Å²) in [5, 5.41) is 3.25. The topological polar surface area (TPSA) is 105 Å². The SMILES string of the molecule is CNC(=O)[C@@H](C)N(Cc1ccc(Cl)cc1Cl)C(=O)CN(c1ccccc1)S(=O)(=O)c1ccc(OC)c(OC)c1. The zero-order valence-corrected chi connectivity index (χ0v) is 24.2. The number of carbonyl (C=O) groups is 2. The van der Waals surface area contributed by atoms with E-state index in [0.717, 1.165) is 4.31 Å². The summed E-state index contributed by atoms with van der Waals surface area (Å²) >= 11 is 12.4. The summed E-state index contributed by atoms with van der Waals surface area (Å²) in [6.45, 7) is 0.909. The molecule has 2 amide bonds. The van der Waals surface area contributed by atoms with Gasteiger partial charge in [0.15, 0.2) is 11.5 Å². The highest BCUT2D eigenvalue weighted by molar-refractivity contribution is 7.92. The summed E-state index contributed by atoms with van der Waals surface area (Å²) in [6, 6.07) is 16.2. The molecule has 0 aromatic heterocycles. The van der Waals surface area contributed by atoms with Crippen LogP contribution in [-0.4, -0.2) is 59.0 Å². The minimum absolute atomic E-state index is 0.0531. The Hall–Kier alpha value is -3.47. The first-order valence-electron chi connectivity index (χ1n) is 11.8. The molecule has 0 spiro atoms. The van der Waals surface area contributed by atoms with Crippen LogP contribution in [0.25, 0.3) is 0 Å². The fourth-order valence-electron chi connectivity index (χ4n) is 3.85. The van der Waals surface area contributed by atoms with E-state index in [-0.39, 0.29) is 22.9 Å². The number of likely N-dealkylation sites (N-methyl/N-ethyl adjacent to an activating group) is 1. The monoisotopic (exact) mass is 593 g/mol. The van der Waals surface area contributed by atoms with E-state index in [1.165, 1.54) is 50.4 Å². The third-order valence-electron chi connectivity index (χ3n) is 6.04. The molecule has 0 aliphatic rings. The zero-order valence-electron chi connectivity index (χ0n) is 21.9. The Kier molecular flexibility index (Phi) is 10.1. The lowest BCUT2D eigenvalue weighted by Gasteiger charge is -2.32. The van der Waals surface area contributed by atoms with Crippen molar-refractivity contribution in [1.82, 2.24) is 10.2 Å². The number of halogens is 2. The number of anilines is 1. The molecule has 0 unspecified atom stereocenters. The van der Waals surface area contributed by atoms with Gasteiger partial charge in [-0.15, -0.1) is 0 Å². The Morgan fingerprint density at radius 1 is 0.949 bits per heavy atom. The average molecular weight is 595 g/mol. The van der Waals surface area contributed by atoms with Crippen molar-refractivity contribution in [2.24, 2.45) is 0 Å². The third kappa shape index (κ3) is 6.95. The minimum atomic E-state index is -4.27. The number of nitrogens with one attached hydrogen (secondary N) is 1. The zero-order chi connectivity index (χ0) is 28.7. The maximum absolute atomic E-state index is 13.9. The van der Waals surface area contributed by atoms with Gasteiger partial charge < -0.3 is 19.7 Å². The van der Waals surface area contributed by atoms with Gasteiger partial charge in [-0.3, -0.25) is 13.9 Å². The summed E-state index contributed by atoms with van der Waals surface area (Å²) in [7, 11) is 0.0168. The van der Waals surface area contributed by atoms with Crippen LogP contribution in [0.5, 0.6) is 11.5 Å². The maximum atomic E-state index is 13.9. The predicted molar refractivity (Wildman–Crippen MR) is 151 cm³/mol. The molecule has 39 heavy (non-hydrogen) atoms. The number of sulfonamides is 1. The molecule has 9 nitrogen and oxygen atoms in total. The van der Waals surface area contributed by atoms with Crippen LogP contribution in [0.2, 0.25) is 10.0 Å². The van der Waals surface area contributed by atoms with Gasteiger partial charge in [0.05, 0.1) is 24.8 Å². The molecule has 0 saturated carbocycles. The predicted octanol–water partition coefficient (Wildman–Crippen LogP) is 4.37.